The molecule has 9 nitrogen and oxygen atoms in total. The van der Waals surface area contributed by atoms with Gasteiger partial charge in [0.05, 0.1) is 6.33 Å². The number of rotatable bonds is 8. The number of nitrogens with one attached hydrogen (secondary N) is 2. The number of hydrogen-bond donors (Lipinski definition) is 3. The second-order valence-corrected chi connectivity index (χ2v) is 11.7. The number of imidazole rings is 1. The van der Waals surface area contributed by atoms with E-state index in [1.54, 1.807) is 0 Å². The Balaban J connectivity index is 0.00000194. The van der Waals surface area contributed by atoms with Crippen LogP contribution in [0.5, 0.6) is 0 Å². The van der Waals surface area contributed by atoms with Gasteiger partial charge >= 0.3 is 0 Å². The summed E-state index contributed by atoms with van der Waals surface area (Å²) in [6.07, 6.45) is 14.2. The molecule has 2 aliphatic carbocycles. The number of aromatic nitrogens is 4. The molecule has 1 saturated heterocycles. The van der Waals surface area contributed by atoms with Gasteiger partial charge in [-0.05, 0) is 63.4 Å². The zero-order chi connectivity index (χ0) is 26.6. The number of hydrogen-bond acceptors (Lipinski definition) is 7. The third-order valence-electron chi connectivity index (χ3n) is 8.90. The van der Waals surface area contributed by atoms with Crippen LogP contribution in [0.1, 0.15) is 82.2 Å². The van der Waals surface area contributed by atoms with Gasteiger partial charge in [0.1, 0.15) is 0 Å². The summed E-state index contributed by atoms with van der Waals surface area (Å²) >= 11 is 0. The monoisotopic (exact) mass is 602 g/mol. The van der Waals surface area contributed by atoms with Crippen LogP contribution in [0.3, 0.4) is 0 Å². The molecule has 0 bridgehead atoms. The van der Waals surface area contributed by atoms with E-state index in [2.05, 4.69) is 27.3 Å². The van der Waals surface area contributed by atoms with Gasteiger partial charge in [0, 0.05) is 43.7 Å². The number of fused-ring (bicyclic) bond motifs is 1. The second kappa shape index (κ2) is 14.5. The molecule has 6 rings (SSSR count). The van der Waals surface area contributed by atoms with E-state index in [1.165, 1.54) is 31.2 Å². The van der Waals surface area contributed by atoms with Crippen molar-refractivity contribution in [2.75, 3.05) is 23.7 Å². The molecule has 1 aromatic carbocycles. The highest BCUT2D eigenvalue weighted by atomic mass is 35.5. The summed E-state index contributed by atoms with van der Waals surface area (Å²) in [5.74, 6) is 1.73. The van der Waals surface area contributed by atoms with Gasteiger partial charge in [-0.15, -0.1) is 24.8 Å². The number of nitrogens with zero attached hydrogens (tertiary/aromatic N) is 5. The van der Waals surface area contributed by atoms with Crippen molar-refractivity contribution in [1.82, 2.24) is 24.4 Å². The number of anilines is 2. The fourth-order valence-electron chi connectivity index (χ4n) is 6.50. The maximum atomic E-state index is 12.8. The van der Waals surface area contributed by atoms with Crippen LogP contribution in [0.4, 0.5) is 11.8 Å². The van der Waals surface area contributed by atoms with Crippen LogP contribution in [0.25, 0.3) is 11.2 Å². The molecule has 4 N–H and O–H groups in total. The van der Waals surface area contributed by atoms with Crippen LogP contribution >= 0.6 is 24.8 Å². The molecule has 11 heteroatoms. The van der Waals surface area contributed by atoms with Crippen molar-refractivity contribution in [3.8, 4) is 0 Å². The lowest BCUT2D eigenvalue weighted by molar-refractivity contribution is -0.132. The molecule has 224 valence electrons. The van der Waals surface area contributed by atoms with Crippen molar-refractivity contribution < 1.29 is 4.79 Å². The van der Waals surface area contributed by atoms with Gasteiger partial charge in [0.25, 0.3) is 0 Å². The fourth-order valence-corrected chi connectivity index (χ4v) is 6.50. The minimum absolute atomic E-state index is 0. The number of aryl methyl sites for hydroxylation is 1. The lowest BCUT2D eigenvalue weighted by atomic mass is 9.92. The van der Waals surface area contributed by atoms with Gasteiger partial charge in [-0.2, -0.15) is 9.97 Å². The Morgan fingerprint density at radius 2 is 1.56 bits per heavy atom. The molecule has 0 spiro atoms. The van der Waals surface area contributed by atoms with Crippen LogP contribution in [0, 0.1) is 0 Å². The molecule has 3 aromatic rings. The SMILES string of the molecule is Cl.Cl.N[C@H]1CC[C@H](Nc2nc(NC3CCN(C(=O)CCc4ccccc4)CC3)c3ncn(C4CCCC4)c3n2)CC1. The Labute approximate surface area is 255 Å². The molecule has 3 aliphatic rings. The first-order chi connectivity index (χ1) is 19.1. The number of carbonyl (C=O) groups excluding carboxylic acids is 1. The Hall–Kier alpha value is -2.62. The maximum Gasteiger partial charge on any atom is 0.227 e. The Morgan fingerprint density at radius 1 is 0.878 bits per heavy atom. The number of piperidine rings is 1. The summed E-state index contributed by atoms with van der Waals surface area (Å²) < 4.78 is 2.27. The highest BCUT2D eigenvalue weighted by Gasteiger charge is 2.27. The normalized spacial score (nSPS) is 21.7. The van der Waals surface area contributed by atoms with Gasteiger partial charge in [0.2, 0.25) is 11.9 Å². The van der Waals surface area contributed by atoms with Crippen LogP contribution in [0.15, 0.2) is 36.7 Å². The summed E-state index contributed by atoms with van der Waals surface area (Å²) in [6.45, 7) is 1.53. The van der Waals surface area contributed by atoms with E-state index >= 15 is 0 Å². The average Bonchev–Trinajstić information content (AvgIpc) is 3.64. The summed E-state index contributed by atoms with van der Waals surface area (Å²) in [7, 11) is 0. The summed E-state index contributed by atoms with van der Waals surface area (Å²) in [4.78, 5) is 29.6. The van der Waals surface area contributed by atoms with Crippen molar-refractivity contribution in [3.05, 3.63) is 42.2 Å². The van der Waals surface area contributed by atoms with Gasteiger partial charge < -0.3 is 25.8 Å². The minimum atomic E-state index is 0. The number of carbonyl (C=O) groups is 1. The Bertz CT molecular complexity index is 1250. The maximum absolute atomic E-state index is 12.8. The third kappa shape index (κ3) is 7.62. The third-order valence-corrected chi connectivity index (χ3v) is 8.90. The summed E-state index contributed by atoms with van der Waals surface area (Å²) in [5.41, 5.74) is 9.12. The number of benzene rings is 1. The van der Waals surface area contributed by atoms with Crippen molar-refractivity contribution in [2.24, 2.45) is 5.73 Å². The summed E-state index contributed by atoms with van der Waals surface area (Å²) in [5, 5.41) is 7.32. The van der Waals surface area contributed by atoms with Crippen LogP contribution < -0.4 is 16.4 Å². The van der Waals surface area contributed by atoms with Gasteiger partial charge in [-0.3, -0.25) is 4.79 Å². The zero-order valence-electron chi connectivity index (χ0n) is 23.7. The smallest absolute Gasteiger partial charge is 0.227 e. The first-order valence-corrected chi connectivity index (χ1v) is 15.0. The first kappa shape index (κ1) is 31.3. The minimum Gasteiger partial charge on any atom is -0.365 e. The van der Waals surface area contributed by atoms with Gasteiger partial charge in [0.15, 0.2) is 17.0 Å². The van der Waals surface area contributed by atoms with Crippen molar-refractivity contribution in [1.29, 1.82) is 0 Å². The van der Waals surface area contributed by atoms with E-state index in [1.807, 2.05) is 29.4 Å². The molecule has 3 heterocycles. The molecule has 41 heavy (non-hydrogen) atoms. The summed E-state index contributed by atoms with van der Waals surface area (Å²) in [6, 6.07) is 11.6. The molecule has 0 atom stereocenters. The Morgan fingerprint density at radius 3 is 2.27 bits per heavy atom. The Kier molecular flexibility index (Phi) is 11.1. The van der Waals surface area contributed by atoms with E-state index in [9.17, 15) is 4.79 Å². The van der Waals surface area contributed by atoms with Crippen molar-refractivity contribution in [2.45, 2.75) is 101 Å². The van der Waals surface area contributed by atoms with Gasteiger partial charge in [-0.25, -0.2) is 4.98 Å². The number of halogens is 2. The zero-order valence-corrected chi connectivity index (χ0v) is 25.3. The molecular formula is C30H44Cl2N8O. The topological polar surface area (TPSA) is 114 Å². The average molecular weight is 604 g/mol. The van der Waals surface area contributed by atoms with E-state index < -0.39 is 0 Å². The lowest BCUT2D eigenvalue weighted by Crippen LogP contribution is -2.42. The van der Waals surface area contributed by atoms with E-state index in [0.29, 0.717) is 30.5 Å². The number of nitrogens with two attached hydrogens (primary N) is 1. The molecule has 1 amide bonds. The highest BCUT2D eigenvalue weighted by molar-refractivity contribution is 5.86. The number of likely N-dealkylation sites (tertiary alicyclic amines) is 1. The predicted octanol–water partition coefficient (Wildman–Crippen LogP) is 5.50. The highest BCUT2D eigenvalue weighted by Crippen LogP contribution is 2.34. The van der Waals surface area contributed by atoms with Crippen molar-refractivity contribution >= 4 is 53.7 Å². The van der Waals surface area contributed by atoms with E-state index in [-0.39, 0.29) is 36.8 Å². The van der Waals surface area contributed by atoms with Crippen LogP contribution in [0.2, 0.25) is 0 Å². The molecule has 2 saturated carbocycles. The second-order valence-electron chi connectivity index (χ2n) is 11.7. The molecule has 2 aromatic heterocycles. The first-order valence-electron chi connectivity index (χ1n) is 15.0. The van der Waals surface area contributed by atoms with Crippen LogP contribution in [-0.2, 0) is 11.2 Å². The largest absolute Gasteiger partial charge is 0.365 e. The van der Waals surface area contributed by atoms with Crippen LogP contribution in [-0.4, -0.2) is 61.5 Å². The number of amides is 1. The van der Waals surface area contributed by atoms with Gasteiger partial charge in [-0.1, -0.05) is 43.2 Å². The van der Waals surface area contributed by atoms with E-state index in [0.717, 1.165) is 75.0 Å². The molecule has 0 radical (unpaired) electrons. The van der Waals surface area contributed by atoms with Crippen molar-refractivity contribution in [3.63, 3.8) is 0 Å². The molecule has 3 fully saturated rings. The molecule has 1 aliphatic heterocycles. The lowest BCUT2D eigenvalue weighted by Gasteiger charge is -2.33. The molecular weight excluding hydrogens is 559 g/mol. The predicted molar refractivity (Wildman–Crippen MR) is 169 cm³/mol. The molecule has 0 unspecified atom stereocenters. The fraction of sp³-hybridized carbons (Fsp3) is 0.600. The van der Waals surface area contributed by atoms with E-state index in [4.69, 9.17) is 20.7 Å². The standard InChI is InChI=1S/C30H42N8O.2ClH/c31-22-11-13-23(14-12-22)34-30-35-28(27-29(36-30)38(20-32-27)25-8-4-5-9-25)33-24-16-18-37(19-17-24)26(39)15-10-21-6-2-1-3-7-21;;/h1-3,6-7,20,22-25H,4-5,8-19,31H2,(H2,33,34,35,36);2*1H/t22-,23-;;. The quantitative estimate of drug-likeness (QED) is 0.312.